The molecule has 0 unspecified atom stereocenters. The Morgan fingerprint density at radius 2 is 1.94 bits per heavy atom. The molecule has 1 aliphatic rings. The Balaban J connectivity index is 1.56. The van der Waals surface area contributed by atoms with E-state index < -0.39 is 0 Å². The Kier molecular flexibility index (Phi) is 6.04. The second-order valence-corrected chi connectivity index (χ2v) is 8.35. The maximum Gasteiger partial charge on any atom is 0.226 e. The van der Waals surface area contributed by atoms with E-state index in [2.05, 4.69) is 38.5 Å². The molecule has 1 saturated heterocycles. The quantitative estimate of drug-likeness (QED) is 0.505. The van der Waals surface area contributed by atoms with Crippen LogP contribution >= 0.6 is 12.2 Å². The predicted octanol–water partition coefficient (Wildman–Crippen LogP) is 4.34. The van der Waals surface area contributed by atoms with Crippen LogP contribution < -0.4 is 10.6 Å². The number of carbonyl (C=O) groups excluding carboxylic acids is 1. The van der Waals surface area contributed by atoms with Crippen LogP contribution in [0.25, 0.3) is 0 Å². The van der Waals surface area contributed by atoms with Gasteiger partial charge in [0.2, 0.25) is 5.91 Å². The summed E-state index contributed by atoms with van der Waals surface area (Å²) in [5.74, 6) is -0.0286. The summed E-state index contributed by atoms with van der Waals surface area (Å²) in [7, 11) is 0. The zero-order valence-electron chi connectivity index (χ0n) is 18.0. The summed E-state index contributed by atoms with van der Waals surface area (Å²) in [6.07, 6.45) is 2.13. The highest BCUT2D eigenvalue weighted by atomic mass is 32.1. The number of nitrogens with one attached hydrogen (secondary N) is 3. The van der Waals surface area contributed by atoms with Crippen molar-refractivity contribution in [2.75, 3.05) is 11.9 Å². The second kappa shape index (κ2) is 8.89. The molecule has 6 nitrogen and oxygen atoms in total. The van der Waals surface area contributed by atoms with Crippen molar-refractivity contribution >= 4 is 28.9 Å². The summed E-state index contributed by atoms with van der Waals surface area (Å²) >= 11 is 5.69. The van der Waals surface area contributed by atoms with Gasteiger partial charge in [-0.05, 0) is 68.4 Å². The van der Waals surface area contributed by atoms with Crippen LogP contribution in [0, 0.1) is 20.8 Å². The number of para-hydroxylation sites is 1. The highest BCUT2D eigenvalue weighted by Crippen LogP contribution is 2.40. The SMILES string of the molecule is Cc1cc([C@@H]2[C@@H](c3ccccn3)NC(=S)N2CCC(=O)Nc2ccccc2C)c(C)[nH]1. The molecule has 0 aliphatic carbocycles. The van der Waals surface area contributed by atoms with E-state index in [1.165, 1.54) is 5.56 Å². The minimum absolute atomic E-state index is 0.0286. The number of hydrogen-bond donors (Lipinski definition) is 3. The average molecular weight is 434 g/mol. The predicted molar refractivity (Wildman–Crippen MR) is 127 cm³/mol. The highest BCUT2D eigenvalue weighted by molar-refractivity contribution is 7.80. The first-order chi connectivity index (χ1) is 14.9. The topological polar surface area (TPSA) is 73.1 Å². The van der Waals surface area contributed by atoms with Gasteiger partial charge in [0.1, 0.15) is 0 Å². The smallest absolute Gasteiger partial charge is 0.226 e. The lowest BCUT2D eigenvalue weighted by Crippen LogP contribution is -2.32. The molecule has 1 amide bonds. The largest absolute Gasteiger partial charge is 0.362 e. The lowest BCUT2D eigenvalue weighted by atomic mass is 9.96. The molecule has 1 aliphatic heterocycles. The third-order valence-corrected chi connectivity index (χ3v) is 6.06. The van der Waals surface area contributed by atoms with E-state index in [0.717, 1.165) is 28.3 Å². The number of H-pyrrole nitrogens is 1. The number of rotatable bonds is 6. The summed E-state index contributed by atoms with van der Waals surface area (Å²) in [5.41, 5.74) is 6.18. The fourth-order valence-corrected chi connectivity index (χ4v) is 4.52. The molecule has 1 fully saturated rings. The van der Waals surface area contributed by atoms with E-state index in [1.54, 1.807) is 6.20 Å². The zero-order chi connectivity index (χ0) is 22.0. The van der Waals surface area contributed by atoms with Gasteiger partial charge in [0, 0.05) is 36.2 Å². The van der Waals surface area contributed by atoms with Crippen molar-refractivity contribution in [1.82, 2.24) is 20.2 Å². The molecule has 1 aromatic carbocycles. The van der Waals surface area contributed by atoms with Gasteiger partial charge in [-0.2, -0.15) is 0 Å². The number of aromatic nitrogens is 2. The van der Waals surface area contributed by atoms with Crippen LogP contribution in [0.1, 0.15) is 46.7 Å². The van der Waals surface area contributed by atoms with Crippen LogP contribution in [0.2, 0.25) is 0 Å². The second-order valence-electron chi connectivity index (χ2n) is 7.97. The average Bonchev–Trinajstić information content (AvgIpc) is 3.26. The van der Waals surface area contributed by atoms with E-state index in [-0.39, 0.29) is 18.0 Å². The van der Waals surface area contributed by atoms with Gasteiger partial charge in [-0.15, -0.1) is 0 Å². The third kappa shape index (κ3) is 4.46. The van der Waals surface area contributed by atoms with Gasteiger partial charge in [-0.25, -0.2) is 0 Å². The first-order valence-corrected chi connectivity index (χ1v) is 10.8. The zero-order valence-corrected chi connectivity index (χ0v) is 18.8. The number of carbonyl (C=O) groups is 1. The highest BCUT2D eigenvalue weighted by Gasteiger charge is 2.40. The Labute approximate surface area is 188 Å². The normalized spacial score (nSPS) is 18.2. The number of aromatic amines is 1. The van der Waals surface area contributed by atoms with Crippen molar-refractivity contribution in [3.8, 4) is 0 Å². The van der Waals surface area contributed by atoms with E-state index in [4.69, 9.17) is 12.2 Å². The van der Waals surface area contributed by atoms with Gasteiger partial charge in [0.15, 0.2) is 5.11 Å². The summed E-state index contributed by atoms with van der Waals surface area (Å²) in [5, 5.41) is 7.09. The van der Waals surface area contributed by atoms with Crippen LogP contribution in [-0.2, 0) is 4.79 Å². The van der Waals surface area contributed by atoms with Crippen LogP contribution in [0.5, 0.6) is 0 Å². The first kappa shape index (κ1) is 21.1. The number of thiocarbonyl (C=S) groups is 1. The summed E-state index contributed by atoms with van der Waals surface area (Å²) in [6, 6.07) is 15.7. The lowest BCUT2D eigenvalue weighted by Gasteiger charge is -2.27. The number of nitrogens with zero attached hydrogens (tertiary/aromatic N) is 2. The molecule has 7 heteroatoms. The molecule has 31 heavy (non-hydrogen) atoms. The van der Waals surface area contributed by atoms with Gasteiger partial charge in [-0.3, -0.25) is 9.78 Å². The van der Waals surface area contributed by atoms with Crippen molar-refractivity contribution in [3.63, 3.8) is 0 Å². The fourth-order valence-electron chi connectivity index (χ4n) is 4.19. The van der Waals surface area contributed by atoms with Gasteiger partial charge in [-0.1, -0.05) is 24.3 Å². The molecule has 4 rings (SSSR count). The van der Waals surface area contributed by atoms with E-state index in [1.807, 2.05) is 56.3 Å². The number of aryl methyl sites for hydroxylation is 3. The molecular weight excluding hydrogens is 406 g/mol. The number of hydrogen-bond acceptors (Lipinski definition) is 3. The fraction of sp³-hybridized carbons (Fsp3) is 0.292. The molecule has 3 N–H and O–H groups in total. The van der Waals surface area contributed by atoms with Gasteiger partial charge >= 0.3 is 0 Å². The minimum Gasteiger partial charge on any atom is -0.362 e. The van der Waals surface area contributed by atoms with Crippen molar-refractivity contribution in [2.45, 2.75) is 39.3 Å². The van der Waals surface area contributed by atoms with Crippen molar-refractivity contribution < 1.29 is 4.79 Å². The van der Waals surface area contributed by atoms with Crippen molar-refractivity contribution in [1.29, 1.82) is 0 Å². The van der Waals surface area contributed by atoms with Crippen LogP contribution in [0.15, 0.2) is 54.7 Å². The number of pyridine rings is 1. The van der Waals surface area contributed by atoms with Gasteiger partial charge in [0.25, 0.3) is 0 Å². The molecule has 0 saturated carbocycles. The molecule has 3 heterocycles. The summed E-state index contributed by atoms with van der Waals surface area (Å²) < 4.78 is 0. The molecule has 2 aromatic heterocycles. The molecular formula is C24H27N5OS. The molecule has 2 atom stereocenters. The lowest BCUT2D eigenvalue weighted by molar-refractivity contribution is -0.116. The maximum atomic E-state index is 12.7. The molecule has 3 aromatic rings. The maximum absolute atomic E-state index is 12.7. The molecule has 0 spiro atoms. The first-order valence-electron chi connectivity index (χ1n) is 10.4. The van der Waals surface area contributed by atoms with Gasteiger partial charge in [0.05, 0.1) is 17.8 Å². The Bertz CT molecular complexity index is 1090. The Morgan fingerprint density at radius 1 is 1.16 bits per heavy atom. The number of amides is 1. The van der Waals surface area contributed by atoms with E-state index in [0.29, 0.717) is 18.1 Å². The molecule has 0 bridgehead atoms. The Morgan fingerprint density at radius 3 is 2.61 bits per heavy atom. The monoisotopic (exact) mass is 433 g/mol. The Hall–Kier alpha value is -3.19. The summed E-state index contributed by atoms with van der Waals surface area (Å²) in [4.78, 5) is 22.7. The molecule has 0 radical (unpaired) electrons. The van der Waals surface area contributed by atoms with Crippen LogP contribution in [0.3, 0.4) is 0 Å². The van der Waals surface area contributed by atoms with Crippen molar-refractivity contribution in [2.24, 2.45) is 0 Å². The third-order valence-electron chi connectivity index (χ3n) is 5.71. The van der Waals surface area contributed by atoms with E-state index >= 15 is 0 Å². The van der Waals surface area contributed by atoms with Crippen molar-refractivity contribution in [3.05, 3.63) is 82.9 Å². The minimum atomic E-state index is -0.0815. The van der Waals surface area contributed by atoms with E-state index in [9.17, 15) is 4.79 Å². The number of benzene rings is 1. The van der Waals surface area contributed by atoms with Gasteiger partial charge < -0.3 is 20.5 Å². The standard InChI is InChI=1S/C24H27N5OS/c1-15-8-4-5-9-19(15)27-21(30)11-13-29-23(18-14-16(2)26-17(18)3)22(28-24(29)31)20-10-6-7-12-25-20/h4-10,12,14,22-23,26H,11,13H2,1-3H3,(H,27,30)(H,28,31)/t22-,23-/m1/s1. The number of anilines is 1. The summed E-state index contributed by atoms with van der Waals surface area (Å²) in [6.45, 7) is 6.62. The van der Waals surface area contributed by atoms with Crippen LogP contribution in [0.4, 0.5) is 5.69 Å². The van der Waals surface area contributed by atoms with Crippen LogP contribution in [-0.4, -0.2) is 32.4 Å². The molecule has 160 valence electrons.